The summed E-state index contributed by atoms with van der Waals surface area (Å²) < 4.78 is 8.75. The number of carbonyl (C=O) groups is 2. The van der Waals surface area contributed by atoms with Crippen molar-refractivity contribution in [2.45, 2.75) is 6.42 Å². The van der Waals surface area contributed by atoms with Crippen molar-refractivity contribution >= 4 is 20.3 Å². The van der Waals surface area contributed by atoms with E-state index in [9.17, 15) is 9.59 Å². The van der Waals surface area contributed by atoms with E-state index in [0.29, 0.717) is 0 Å². The van der Waals surface area contributed by atoms with Crippen LogP contribution in [0.1, 0.15) is 6.42 Å². The molecule has 0 bridgehead atoms. The van der Waals surface area contributed by atoms with E-state index in [1.54, 1.807) is 0 Å². The maximum absolute atomic E-state index is 11.1. The molecule has 0 aromatic heterocycles. The first-order valence-corrected chi connectivity index (χ1v) is 5.24. The molecule has 0 aliphatic heterocycles. The maximum Gasteiger partial charge on any atom is 0.309 e. The third kappa shape index (κ3) is 5.11. The van der Waals surface area contributed by atoms with Gasteiger partial charge in [-0.3, -0.25) is 9.59 Å². The number of carbonyl (C=O) groups excluding carboxylic acids is 2. The Balaban J connectivity index is 4.24. The van der Waals surface area contributed by atoms with Gasteiger partial charge in [-0.05, 0) is 0 Å². The topological polar surface area (TPSA) is 93.1 Å². The zero-order valence-corrected chi connectivity index (χ0v) is 8.86. The van der Waals surface area contributed by atoms with E-state index in [1.807, 2.05) is 0 Å². The molecule has 0 spiro atoms. The number of esters is 2. The van der Waals surface area contributed by atoms with Gasteiger partial charge in [0.1, 0.15) is 0 Å². The van der Waals surface area contributed by atoms with Crippen molar-refractivity contribution in [2.75, 3.05) is 20.4 Å². The van der Waals surface area contributed by atoms with Crippen LogP contribution < -0.4 is 0 Å². The van der Waals surface area contributed by atoms with E-state index in [1.165, 1.54) is 14.2 Å². The SMILES string of the molecule is COC(=O)CC(CP(O)O)C(=O)OC. The molecule has 6 nitrogen and oxygen atoms in total. The lowest BCUT2D eigenvalue weighted by Gasteiger charge is -2.13. The number of methoxy groups -OCH3 is 2. The van der Waals surface area contributed by atoms with Gasteiger partial charge in [-0.1, -0.05) is 0 Å². The summed E-state index contributed by atoms with van der Waals surface area (Å²) in [6.07, 6.45) is -0.389. The van der Waals surface area contributed by atoms with Crippen molar-refractivity contribution in [3.05, 3.63) is 0 Å². The molecule has 0 aliphatic rings. The summed E-state index contributed by atoms with van der Waals surface area (Å²) in [4.78, 5) is 39.3. The predicted molar refractivity (Wildman–Crippen MR) is 48.4 cm³/mol. The fourth-order valence-corrected chi connectivity index (χ4v) is 1.54. The second-order valence-corrected chi connectivity index (χ2v) is 3.66. The lowest BCUT2D eigenvalue weighted by Crippen LogP contribution is -2.23. The Morgan fingerprint density at radius 1 is 1.29 bits per heavy atom. The Labute approximate surface area is 82.7 Å². The maximum atomic E-state index is 11.1. The molecule has 2 N–H and O–H groups in total. The Hall–Kier alpha value is -0.710. The van der Waals surface area contributed by atoms with Crippen LogP contribution in [0.3, 0.4) is 0 Å². The Morgan fingerprint density at radius 3 is 2.21 bits per heavy atom. The van der Waals surface area contributed by atoms with Crippen molar-refractivity contribution < 1.29 is 28.8 Å². The van der Waals surface area contributed by atoms with Crippen LogP contribution in [0.15, 0.2) is 0 Å². The average Bonchev–Trinajstić information content (AvgIpc) is 2.14. The minimum Gasteiger partial charge on any atom is -0.469 e. The molecule has 0 saturated carbocycles. The number of rotatable bonds is 5. The number of ether oxygens (including phenoxy) is 2. The third-order valence-electron chi connectivity index (χ3n) is 1.56. The molecule has 0 aliphatic carbocycles. The largest absolute Gasteiger partial charge is 0.469 e. The zero-order valence-electron chi connectivity index (χ0n) is 7.97. The first kappa shape index (κ1) is 13.3. The van der Waals surface area contributed by atoms with E-state index in [4.69, 9.17) is 9.79 Å². The molecule has 0 heterocycles. The van der Waals surface area contributed by atoms with Crippen LogP contribution in [0.2, 0.25) is 0 Å². The molecule has 0 radical (unpaired) electrons. The molecule has 1 atom stereocenters. The highest BCUT2D eigenvalue weighted by Gasteiger charge is 2.25. The fourth-order valence-electron chi connectivity index (χ4n) is 0.871. The van der Waals surface area contributed by atoms with Gasteiger partial charge in [0.2, 0.25) is 0 Å². The van der Waals surface area contributed by atoms with Gasteiger partial charge in [0.25, 0.3) is 0 Å². The van der Waals surface area contributed by atoms with E-state index in [0.717, 1.165) is 0 Å². The van der Waals surface area contributed by atoms with Crippen LogP contribution in [0, 0.1) is 5.92 Å². The highest BCUT2D eigenvalue weighted by atomic mass is 31.2. The number of hydrogen-bond donors (Lipinski definition) is 2. The normalized spacial score (nSPS) is 12.4. The molecule has 0 rings (SSSR count). The van der Waals surface area contributed by atoms with E-state index in [-0.39, 0.29) is 12.6 Å². The minimum atomic E-state index is -2.22. The van der Waals surface area contributed by atoms with Crippen LogP contribution in [0.5, 0.6) is 0 Å². The van der Waals surface area contributed by atoms with Crippen LogP contribution in [-0.4, -0.2) is 42.1 Å². The van der Waals surface area contributed by atoms with Gasteiger partial charge >= 0.3 is 11.9 Å². The first-order valence-electron chi connectivity index (χ1n) is 3.81. The van der Waals surface area contributed by atoms with Crippen LogP contribution in [-0.2, 0) is 19.1 Å². The first-order chi connectivity index (χ1) is 6.51. The van der Waals surface area contributed by atoms with Gasteiger partial charge in [0.05, 0.1) is 26.6 Å². The van der Waals surface area contributed by atoms with E-state index < -0.39 is 26.2 Å². The Morgan fingerprint density at radius 2 is 1.86 bits per heavy atom. The van der Waals surface area contributed by atoms with Gasteiger partial charge < -0.3 is 19.3 Å². The van der Waals surface area contributed by atoms with Gasteiger partial charge in [0.15, 0.2) is 8.38 Å². The van der Waals surface area contributed by atoms with Crippen LogP contribution >= 0.6 is 8.38 Å². The second-order valence-electron chi connectivity index (χ2n) is 2.56. The summed E-state index contributed by atoms with van der Waals surface area (Å²) in [5.41, 5.74) is 0. The van der Waals surface area contributed by atoms with Crippen molar-refractivity contribution in [1.82, 2.24) is 0 Å². The molecule has 0 saturated heterocycles. The second kappa shape index (κ2) is 6.70. The molecule has 0 aromatic carbocycles. The van der Waals surface area contributed by atoms with Gasteiger partial charge in [-0.25, -0.2) is 0 Å². The monoisotopic (exact) mass is 224 g/mol. The smallest absolute Gasteiger partial charge is 0.309 e. The summed E-state index contributed by atoms with van der Waals surface area (Å²) in [5.74, 6) is -2.09. The van der Waals surface area contributed by atoms with Crippen molar-refractivity contribution in [3.63, 3.8) is 0 Å². The lowest BCUT2D eigenvalue weighted by molar-refractivity contribution is -0.151. The molecule has 0 fully saturated rings. The summed E-state index contributed by atoms with van der Waals surface area (Å²) in [5, 5.41) is 0. The van der Waals surface area contributed by atoms with Crippen molar-refractivity contribution in [1.29, 1.82) is 0 Å². The van der Waals surface area contributed by atoms with Crippen LogP contribution in [0.4, 0.5) is 0 Å². The average molecular weight is 224 g/mol. The summed E-state index contributed by atoms with van der Waals surface area (Å²) in [6.45, 7) is 0. The van der Waals surface area contributed by atoms with Crippen molar-refractivity contribution in [2.24, 2.45) is 5.92 Å². The predicted octanol–water partition coefficient (Wildman–Crippen LogP) is -0.365. The van der Waals surface area contributed by atoms with Gasteiger partial charge in [-0.2, -0.15) is 0 Å². The highest BCUT2D eigenvalue weighted by Crippen LogP contribution is 2.28. The van der Waals surface area contributed by atoms with E-state index in [2.05, 4.69) is 9.47 Å². The summed E-state index contributed by atoms with van der Waals surface area (Å²) in [6, 6.07) is 0. The van der Waals surface area contributed by atoms with E-state index >= 15 is 0 Å². The third-order valence-corrected chi connectivity index (χ3v) is 2.33. The van der Waals surface area contributed by atoms with Crippen LogP contribution in [0.25, 0.3) is 0 Å². The van der Waals surface area contributed by atoms with Crippen molar-refractivity contribution in [3.8, 4) is 0 Å². The molecular weight excluding hydrogens is 211 g/mol. The summed E-state index contributed by atoms with van der Waals surface area (Å²) >= 11 is 0. The quantitative estimate of drug-likeness (QED) is 0.489. The minimum absolute atomic E-state index is 0.183. The molecule has 0 amide bonds. The summed E-state index contributed by atoms with van der Waals surface area (Å²) in [7, 11) is 0.140. The molecule has 7 heteroatoms. The molecule has 14 heavy (non-hydrogen) atoms. The molecular formula is C7H13O6P. The Kier molecular flexibility index (Phi) is 6.36. The fraction of sp³-hybridized carbons (Fsp3) is 0.714. The number of hydrogen-bond acceptors (Lipinski definition) is 6. The molecule has 0 aromatic rings. The molecule has 82 valence electrons. The molecule has 1 unspecified atom stereocenters. The Bertz CT molecular complexity index is 204. The van der Waals surface area contributed by atoms with Gasteiger partial charge in [0, 0.05) is 6.16 Å². The zero-order chi connectivity index (χ0) is 11.1. The highest BCUT2D eigenvalue weighted by molar-refractivity contribution is 7.45. The standard InChI is InChI=1S/C7H13O6P/c1-12-6(8)3-5(4-14(10)11)7(9)13-2/h5,10-11H,3-4H2,1-2H3. The van der Waals surface area contributed by atoms with Gasteiger partial charge in [-0.15, -0.1) is 0 Å². The lowest BCUT2D eigenvalue weighted by atomic mass is 10.1.